The van der Waals surface area contributed by atoms with Crippen molar-refractivity contribution in [2.45, 2.75) is 32.2 Å². The highest BCUT2D eigenvalue weighted by Crippen LogP contribution is 2.39. The van der Waals surface area contributed by atoms with Gasteiger partial charge < -0.3 is 9.73 Å². The van der Waals surface area contributed by atoms with Crippen molar-refractivity contribution in [3.63, 3.8) is 0 Å². The van der Waals surface area contributed by atoms with Crippen LogP contribution >= 0.6 is 0 Å². The molecular formula is C16H16N6O. The van der Waals surface area contributed by atoms with Crippen LogP contribution in [0.4, 0.5) is 5.82 Å². The van der Waals surface area contributed by atoms with Crippen molar-refractivity contribution in [3.05, 3.63) is 48.1 Å². The molecule has 0 unspecified atom stereocenters. The minimum Gasteiger partial charge on any atom is -0.423 e. The Morgan fingerprint density at radius 3 is 2.78 bits per heavy atom. The summed E-state index contributed by atoms with van der Waals surface area (Å²) in [5.41, 5.74) is 1.82. The fourth-order valence-electron chi connectivity index (χ4n) is 2.29. The maximum Gasteiger partial charge on any atom is 0.235 e. The smallest absolute Gasteiger partial charge is 0.235 e. The normalized spacial score (nSPS) is 14.0. The number of aromatic nitrogens is 5. The predicted octanol–water partition coefficient (Wildman–Crippen LogP) is 2.72. The first-order chi connectivity index (χ1) is 11.3. The van der Waals surface area contributed by atoms with Gasteiger partial charge in [-0.15, -0.1) is 10.2 Å². The zero-order valence-electron chi connectivity index (χ0n) is 12.7. The van der Waals surface area contributed by atoms with E-state index in [0.29, 0.717) is 24.2 Å². The monoisotopic (exact) mass is 308 g/mol. The van der Waals surface area contributed by atoms with Gasteiger partial charge in [0, 0.05) is 35.6 Å². The minimum atomic E-state index is 0.450. The second-order valence-corrected chi connectivity index (χ2v) is 5.62. The maximum atomic E-state index is 5.64. The molecule has 0 spiro atoms. The van der Waals surface area contributed by atoms with Crippen molar-refractivity contribution in [3.8, 4) is 11.4 Å². The molecule has 7 nitrogen and oxygen atoms in total. The Morgan fingerprint density at radius 2 is 2.00 bits per heavy atom. The predicted molar refractivity (Wildman–Crippen MR) is 83.6 cm³/mol. The van der Waals surface area contributed by atoms with Crippen LogP contribution in [0.3, 0.4) is 0 Å². The molecule has 3 aromatic heterocycles. The van der Waals surface area contributed by atoms with Crippen LogP contribution in [0, 0.1) is 6.92 Å². The Morgan fingerprint density at radius 1 is 1.17 bits per heavy atom. The fourth-order valence-corrected chi connectivity index (χ4v) is 2.29. The number of hydrogen-bond donors (Lipinski definition) is 1. The van der Waals surface area contributed by atoms with Crippen molar-refractivity contribution >= 4 is 5.82 Å². The van der Waals surface area contributed by atoms with Gasteiger partial charge in [-0.05, 0) is 31.9 Å². The lowest BCUT2D eigenvalue weighted by molar-refractivity contribution is 0.457. The van der Waals surface area contributed by atoms with Gasteiger partial charge in [0.15, 0.2) is 5.82 Å². The van der Waals surface area contributed by atoms with Crippen LogP contribution in [0.1, 0.15) is 36.2 Å². The van der Waals surface area contributed by atoms with E-state index in [1.165, 1.54) is 0 Å². The first-order valence-electron chi connectivity index (χ1n) is 7.60. The van der Waals surface area contributed by atoms with Gasteiger partial charge in [-0.3, -0.25) is 4.98 Å². The molecule has 4 rings (SSSR count). The third-order valence-electron chi connectivity index (χ3n) is 3.62. The molecule has 116 valence electrons. The lowest BCUT2D eigenvalue weighted by Gasteiger charge is -2.07. The first-order valence-corrected chi connectivity index (χ1v) is 7.60. The SMILES string of the molecule is Cc1cc(NCc2nnc(C3CC3)o2)nc(-c2ccncc2)n1. The summed E-state index contributed by atoms with van der Waals surface area (Å²) in [5, 5.41) is 11.4. The first kappa shape index (κ1) is 13.8. The Labute approximate surface area is 133 Å². The van der Waals surface area contributed by atoms with E-state index in [0.717, 1.165) is 35.8 Å². The topological polar surface area (TPSA) is 89.6 Å². The molecule has 0 aromatic carbocycles. The van der Waals surface area contributed by atoms with Gasteiger partial charge >= 0.3 is 0 Å². The van der Waals surface area contributed by atoms with E-state index in [1.807, 2.05) is 25.1 Å². The van der Waals surface area contributed by atoms with Gasteiger partial charge in [0.05, 0.1) is 6.54 Å². The summed E-state index contributed by atoms with van der Waals surface area (Å²) in [6.45, 7) is 2.39. The molecule has 1 aliphatic rings. The Balaban J connectivity index is 1.50. The third kappa shape index (κ3) is 3.18. The average molecular weight is 308 g/mol. The van der Waals surface area contributed by atoms with Crippen LogP contribution in [-0.4, -0.2) is 25.1 Å². The fraction of sp³-hybridized carbons (Fsp3) is 0.312. The van der Waals surface area contributed by atoms with Crippen LogP contribution in [0.25, 0.3) is 11.4 Å². The molecule has 1 fully saturated rings. The Hall–Kier alpha value is -2.83. The van der Waals surface area contributed by atoms with E-state index >= 15 is 0 Å². The zero-order valence-corrected chi connectivity index (χ0v) is 12.7. The van der Waals surface area contributed by atoms with Crippen molar-refractivity contribution in [1.82, 2.24) is 25.1 Å². The van der Waals surface area contributed by atoms with Crippen molar-refractivity contribution in [1.29, 1.82) is 0 Å². The van der Waals surface area contributed by atoms with Crippen LogP contribution < -0.4 is 5.32 Å². The second kappa shape index (κ2) is 5.75. The highest BCUT2D eigenvalue weighted by atomic mass is 16.4. The molecule has 1 N–H and O–H groups in total. The lowest BCUT2D eigenvalue weighted by atomic mass is 10.2. The van der Waals surface area contributed by atoms with E-state index in [2.05, 4.69) is 30.5 Å². The Kier molecular flexibility index (Phi) is 3.45. The summed E-state index contributed by atoms with van der Waals surface area (Å²) in [5.74, 6) is 3.19. The summed E-state index contributed by atoms with van der Waals surface area (Å²) >= 11 is 0. The number of aryl methyl sites for hydroxylation is 1. The van der Waals surface area contributed by atoms with Gasteiger partial charge in [0.1, 0.15) is 5.82 Å². The number of nitrogens with zero attached hydrogens (tertiary/aromatic N) is 5. The molecule has 7 heteroatoms. The molecule has 0 aliphatic heterocycles. The van der Waals surface area contributed by atoms with Crippen molar-refractivity contribution in [2.24, 2.45) is 0 Å². The van der Waals surface area contributed by atoms with Crippen LogP contribution in [0.5, 0.6) is 0 Å². The van der Waals surface area contributed by atoms with Crippen molar-refractivity contribution in [2.75, 3.05) is 5.32 Å². The molecule has 3 heterocycles. The van der Waals surface area contributed by atoms with Gasteiger partial charge in [-0.2, -0.15) is 0 Å². The summed E-state index contributed by atoms with van der Waals surface area (Å²) in [7, 11) is 0. The highest BCUT2D eigenvalue weighted by molar-refractivity contribution is 5.56. The van der Waals surface area contributed by atoms with Gasteiger partial charge in [0.2, 0.25) is 11.8 Å². The summed E-state index contributed by atoms with van der Waals surface area (Å²) in [6, 6.07) is 5.67. The van der Waals surface area contributed by atoms with E-state index < -0.39 is 0 Å². The molecule has 0 saturated heterocycles. The maximum absolute atomic E-state index is 5.64. The van der Waals surface area contributed by atoms with Crippen molar-refractivity contribution < 1.29 is 4.42 Å². The molecule has 0 radical (unpaired) electrons. The third-order valence-corrected chi connectivity index (χ3v) is 3.62. The molecular weight excluding hydrogens is 292 g/mol. The molecule has 0 amide bonds. The molecule has 3 aromatic rings. The molecule has 1 saturated carbocycles. The molecule has 23 heavy (non-hydrogen) atoms. The summed E-state index contributed by atoms with van der Waals surface area (Å²) in [6.07, 6.45) is 5.75. The van der Waals surface area contributed by atoms with Crippen LogP contribution in [0.2, 0.25) is 0 Å². The van der Waals surface area contributed by atoms with Gasteiger partial charge in [-0.1, -0.05) is 0 Å². The quantitative estimate of drug-likeness (QED) is 0.775. The van der Waals surface area contributed by atoms with E-state index in [1.54, 1.807) is 12.4 Å². The number of nitrogens with one attached hydrogen (secondary N) is 1. The number of pyridine rings is 1. The Bertz CT molecular complexity index is 812. The summed E-state index contributed by atoms with van der Waals surface area (Å²) in [4.78, 5) is 13.0. The van der Waals surface area contributed by atoms with E-state index in [-0.39, 0.29) is 0 Å². The average Bonchev–Trinajstić information content (AvgIpc) is 3.32. The molecule has 0 bridgehead atoms. The zero-order chi connectivity index (χ0) is 15.6. The largest absolute Gasteiger partial charge is 0.423 e. The van der Waals surface area contributed by atoms with Gasteiger partial charge in [-0.25, -0.2) is 9.97 Å². The summed E-state index contributed by atoms with van der Waals surface area (Å²) < 4.78 is 5.64. The lowest BCUT2D eigenvalue weighted by Crippen LogP contribution is -2.04. The van der Waals surface area contributed by atoms with E-state index in [9.17, 15) is 0 Å². The molecule has 1 aliphatic carbocycles. The van der Waals surface area contributed by atoms with Gasteiger partial charge in [0.25, 0.3) is 0 Å². The number of anilines is 1. The van der Waals surface area contributed by atoms with Crippen LogP contribution in [0.15, 0.2) is 35.0 Å². The highest BCUT2D eigenvalue weighted by Gasteiger charge is 2.29. The molecule has 0 atom stereocenters. The van der Waals surface area contributed by atoms with Crippen LogP contribution in [-0.2, 0) is 6.54 Å². The number of hydrogen-bond acceptors (Lipinski definition) is 7. The number of rotatable bonds is 5. The standard InChI is InChI=1S/C16H16N6O/c1-10-8-13(20-15(19-10)11-4-6-17-7-5-11)18-9-14-21-22-16(23-14)12-2-3-12/h4-8,12H,2-3,9H2,1H3,(H,18,19,20). The minimum absolute atomic E-state index is 0.450. The second-order valence-electron chi connectivity index (χ2n) is 5.62. The van der Waals surface area contributed by atoms with E-state index in [4.69, 9.17) is 4.42 Å².